The maximum atomic E-state index is 2.48. The summed E-state index contributed by atoms with van der Waals surface area (Å²) in [5, 5.41) is 0. The Balaban J connectivity index is 0.000000221. The van der Waals surface area contributed by atoms with Crippen molar-refractivity contribution in [2.75, 3.05) is 0 Å². The zero-order chi connectivity index (χ0) is 81.2. The molecule has 112 heavy (non-hydrogen) atoms. The number of rotatable bonds is 12. The summed E-state index contributed by atoms with van der Waals surface area (Å²) in [6, 6.07) is 83.9. The summed E-state index contributed by atoms with van der Waals surface area (Å²) in [7, 11) is 0. The van der Waals surface area contributed by atoms with Crippen molar-refractivity contribution in [3.8, 4) is 134 Å². The van der Waals surface area contributed by atoms with Crippen molar-refractivity contribution < 1.29 is 0 Å². The maximum Gasteiger partial charge on any atom is -0.00262 e. The molecule has 14 aromatic rings. The second-order valence-corrected chi connectivity index (χ2v) is 32.1. The zero-order valence-corrected chi connectivity index (χ0v) is 72.8. The van der Waals surface area contributed by atoms with Crippen molar-refractivity contribution in [3.05, 3.63) is 352 Å². The lowest BCUT2D eigenvalue weighted by Gasteiger charge is -2.23. The number of aryl methyl sites for hydroxylation is 17. The summed E-state index contributed by atoms with van der Waals surface area (Å²) in [6.45, 7) is 61.9. The highest BCUT2D eigenvalue weighted by molar-refractivity contribution is 6.00. The van der Waals surface area contributed by atoms with E-state index in [1.54, 1.807) is 0 Å². The van der Waals surface area contributed by atoms with Crippen molar-refractivity contribution in [1.29, 1.82) is 0 Å². The minimum absolute atomic E-state index is 1.20. The Hall–Kier alpha value is -10.9. The molecule has 0 aliphatic carbocycles. The van der Waals surface area contributed by atoms with Crippen LogP contribution in [-0.4, -0.2) is 0 Å². The summed E-state index contributed by atoms with van der Waals surface area (Å²) in [4.78, 5) is 0. The van der Waals surface area contributed by atoms with Gasteiger partial charge in [0.1, 0.15) is 0 Å². The van der Waals surface area contributed by atoms with Gasteiger partial charge in [0.15, 0.2) is 0 Å². The van der Waals surface area contributed by atoms with Gasteiger partial charge >= 0.3 is 0 Å². The molecule has 14 rings (SSSR count). The van der Waals surface area contributed by atoms with E-state index in [4.69, 9.17) is 0 Å². The predicted molar refractivity (Wildman–Crippen MR) is 495 cm³/mol. The van der Waals surface area contributed by atoms with Crippen LogP contribution in [-0.2, 0) is 0 Å². The minimum Gasteiger partial charge on any atom is -0.0683 e. The van der Waals surface area contributed by atoms with E-state index in [-0.39, 0.29) is 0 Å². The molecule has 0 amide bonds. The normalized spacial score (nSPS) is 11.0. The lowest BCUT2D eigenvalue weighted by atomic mass is 9.81. The molecule has 0 aliphatic heterocycles. The lowest BCUT2D eigenvalue weighted by molar-refractivity contribution is 1.26. The average molecular weight is 1470 g/mol. The monoisotopic (exact) mass is 1460 g/mol. The van der Waals surface area contributed by atoms with E-state index >= 15 is 0 Å². The zero-order valence-electron chi connectivity index (χ0n) is 72.8. The molecule has 0 heterocycles. The molecule has 0 saturated carbocycles. The van der Waals surface area contributed by atoms with Crippen LogP contribution >= 0.6 is 0 Å². The third kappa shape index (κ3) is 17.0. The maximum absolute atomic E-state index is 2.48. The Morgan fingerprint density at radius 1 is 0.116 bits per heavy atom. The number of hydrogen-bond donors (Lipinski definition) is 0. The van der Waals surface area contributed by atoms with E-state index in [2.05, 4.69) is 385 Å². The summed E-state index contributed by atoms with van der Waals surface area (Å²) < 4.78 is 0. The van der Waals surface area contributed by atoms with Crippen LogP contribution in [0.25, 0.3) is 134 Å². The first-order valence-electron chi connectivity index (χ1n) is 40.8. The second-order valence-electron chi connectivity index (χ2n) is 32.1. The molecule has 0 aliphatic rings. The molecule has 0 bridgehead atoms. The van der Waals surface area contributed by atoms with E-state index in [9.17, 15) is 0 Å². The smallest absolute Gasteiger partial charge is 0.00262 e. The molecular formula is C112H120. The van der Waals surface area contributed by atoms with Crippen LogP contribution in [0.4, 0.5) is 0 Å². The van der Waals surface area contributed by atoms with Crippen molar-refractivity contribution in [3.63, 3.8) is 0 Å². The van der Waals surface area contributed by atoms with Gasteiger partial charge in [-0.3, -0.25) is 0 Å². The average Bonchev–Trinajstić information content (AvgIpc) is 0.757. The summed E-state index contributed by atoms with van der Waals surface area (Å²) in [5.74, 6) is 0. The minimum atomic E-state index is 1.20. The Morgan fingerprint density at radius 3 is 0.536 bits per heavy atom. The molecule has 0 radical (unpaired) electrons. The van der Waals surface area contributed by atoms with Gasteiger partial charge in [0.05, 0.1) is 0 Å². The van der Waals surface area contributed by atoms with Gasteiger partial charge in [-0.2, -0.15) is 0 Å². The number of hydrogen-bond acceptors (Lipinski definition) is 0. The highest BCUT2D eigenvalue weighted by atomic mass is 14.3. The Bertz CT molecular complexity index is 5520. The van der Waals surface area contributed by atoms with Crippen molar-refractivity contribution >= 4 is 0 Å². The molecule has 568 valence electrons. The van der Waals surface area contributed by atoms with Gasteiger partial charge in [-0.05, 0) is 488 Å². The standard InChI is InChI=1S/C62H62.C46H46.2C2H6/c1-35-21-55(22-36(2)44(35)10)59-32-50(20-43(9)48(59)14)52-29-51(49-18-16-15-17-19-49)30-53(31-52)54-33-60(56-23-37(3)45(11)38(4)24-56)62(58-27-41(7)47(13)42(8)28-58)61(34-54)57-25-39(5)46(12)40(6)26-57;1-27-16-43(17-28(2)35(27)9)45-31(5)20-38(21-32(45)6)41-24-40(37-14-12-11-13-15-37)25-42(26-41)39-22-33(7)46(34(8)23-39)44-18-29(3)36(10)30(4)19-44;2*1-2/h15-34H,1-14H3;11-26H,1-10H3;2*1-2H3. The van der Waals surface area contributed by atoms with E-state index in [1.807, 2.05) is 27.7 Å². The van der Waals surface area contributed by atoms with Gasteiger partial charge < -0.3 is 0 Å². The molecule has 0 fully saturated rings. The van der Waals surface area contributed by atoms with E-state index in [0.717, 1.165) is 0 Å². The third-order valence-electron chi connectivity index (χ3n) is 24.6. The Labute approximate surface area is 674 Å². The SMILES string of the molecule is CC.CC.Cc1cc(-c2c(C)cc(-c3cc(-c4ccccc4)cc(-c4cc(C)c(-c5cc(C)c(C)c(C)c5)c(C)c4)c3)cc2C)cc(C)c1C.Cc1cc(-c2cc(-c3cc(-c4ccccc4)cc(-c4cc(-c5cc(C)c(C)c(C)c5)c(-c5cc(C)c(C)c(C)c5)c(-c5cc(C)c(C)c(C)c5)c4)c3)cc(C)c2C)cc(C)c1C. The lowest BCUT2D eigenvalue weighted by Crippen LogP contribution is -1.98. The first-order chi connectivity index (χ1) is 53.4. The fourth-order valence-corrected chi connectivity index (χ4v) is 16.7. The first kappa shape index (κ1) is 82.1. The van der Waals surface area contributed by atoms with Crippen molar-refractivity contribution in [2.24, 2.45) is 0 Å². The van der Waals surface area contributed by atoms with Gasteiger partial charge in [-0.25, -0.2) is 0 Å². The molecule has 0 heteroatoms. The molecule has 0 unspecified atom stereocenters. The van der Waals surface area contributed by atoms with Crippen LogP contribution < -0.4 is 0 Å². The second kappa shape index (κ2) is 34.4. The van der Waals surface area contributed by atoms with Crippen molar-refractivity contribution in [2.45, 2.75) is 194 Å². The highest BCUT2D eigenvalue weighted by Gasteiger charge is 2.23. The quantitative estimate of drug-likeness (QED) is 0.114. The van der Waals surface area contributed by atoms with E-state index in [1.165, 1.54) is 267 Å². The molecule has 14 aromatic carbocycles. The van der Waals surface area contributed by atoms with Gasteiger partial charge in [0.25, 0.3) is 0 Å². The van der Waals surface area contributed by atoms with Crippen LogP contribution in [0.15, 0.2) is 218 Å². The highest BCUT2D eigenvalue weighted by Crippen LogP contribution is 2.48. The summed E-state index contributed by atoms with van der Waals surface area (Å²) in [6.07, 6.45) is 0. The first-order valence-corrected chi connectivity index (χ1v) is 40.8. The Kier molecular flexibility index (Phi) is 25.2. The molecule has 0 atom stereocenters. The molecule has 0 N–H and O–H groups in total. The molecular weight excluding hydrogens is 1350 g/mol. The summed E-state index contributed by atoms with van der Waals surface area (Å²) in [5.41, 5.74) is 62.2. The van der Waals surface area contributed by atoms with Crippen molar-refractivity contribution in [1.82, 2.24) is 0 Å². The number of benzene rings is 14. The van der Waals surface area contributed by atoms with Crippen LogP contribution in [0.3, 0.4) is 0 Å². The molecule has 0 saturated heterocycles. The van der Waals surface area contributed by atoms with E-state index in [0.29, 0.717) is 0 Å². The molecule has 0 aromatic heterocycles. The molecule has 0 spiro atoms. The summed E-state index contributed by atoms with van der Waals surface area (Å²) >= 11 is 0. The fraction of sp³-hybridized carbons (Fsp3) is 0.250. The fourth-order valence-electron chi connectivity index (χ4n) is 16.7. The van der Waals surface area contributed by atoms with Gasteiger partial charge in [0, 0.05) is 0 Å². The van der Waals surface area contributed by atoms with Gasteiger partial charge in [-0.15, -0.1) is 0 Å². The van der Waals surface area contributed by atoms with Gasteiger partial charge in [0.2, 0.25) is 0 Å². The van der Waals surface area contributed by atoms with E-state index < -0.39 is 0 Å². The predicted octanol–water partition coefficient (Wildman–Crippen LogP) is 32.8. The molecule has 0 nitrogen and oxygen atoms in total. The van der Waals surface area contributed by atoms with Crippen LogP contribution in [0.1, 0.15) is 161 Å². The Morgan fingerprint density at radius 2 is 0.277 bits per heavy atom. The third-order valence-corrected chi connectivity index (χ3v) is 24.6. The largest absolute Gasteiger partial charge is 0.0683 e. The van der Waals surface area contributed by atoms with Crippen LogP contribution in [0, 0.1) is 166 Å². The van der Waals surface area contributed by atoms with Crippen LogP contribution in [0.5, 0.6) is 0 Å². The topological polar surface area (TPSA) is 0 Å². The van der Waals surface area contributed by atoms with Crippen LogP contribution in [0.2, 0.25) is 0 Å². The van der Waals surface area contributed by atoms with Gasteiger partial charge in [-0.1, -0.05) is 191 Å².